The van der Waals surface area contributed by atoms with Crippen LogP contribution in [-0.4, -0.2) is 10.1 Å². The number of nitrogens with one attached hydrogen (secondary N) is 1. The zero-order valence-electron chi connectivity index (χ0n) is 8.27. The fourth-order valence-corrected chi connectivity index (χ4v) is 1.20. The van der Waals surface area contributed by atoms with E-state index in [1.807, 2.05) is 0 Å². The topological polar surface area (TPSA) is 83.6 Å². The van der Waals surface area contributed by atoms with Gasteiger partial charge < -0.3 is 4.52 Å². The Bertz CT molecular complexity index is 587. The second-order valence-corrected chi connectivity index (χ2v) is 3.34. The van der Waals surface area contributed by atoms with Crippen molar-refractivity contribution in [3.8, 4) is 0 Å². The molecule has 0 bridgehead atoms. The molecule has 0 saturated heterocycles. The monoisotopic (exact) mass is 238 g/mol. The molecule has 0 spiro atoms. The minimum atomic E-state index is -0.568. The minimum absolute atomic E-state index is 0.125. The highest BCUT2D eigenvalue weighted by Crippen LogP contribution is 2.23. The van der Waals surface area contributed by atoms with E-state index in [0.29, 0.717) is 11.4 Å². The number of aromatic nitrogens is 2. The fraction of sp³-hybridized carbons (Fsp3) is 0.111. The molecular weight excluding hydrogens is 232 g/mol. The third-order valence-electron chi connectivity index (χ3n) is 1.84. The van der Waals surface area contributed by atoms with Crippen molar-refractivity contribution < 1.29 is 4.52 Å². The number of rotatable bonds is 2. The molecule has 16 heavy (non-hydrogen) atoms. The first-order valence-corrected chi connectivity index (χ1v) is 4.76. The van der Waals surface area contributed by atoms with Crippen molar-refractivity contribution >= 4 is 23.0 Å². The number of hydrogen-bond donors (Lipinski definition) is 1. The molecule has 7 heteroatoms. The Morgan fingerprint density at radius 3 is 2.94 bits per heavy atom. The molecule has 2 aromatic heterocycles. The highest BCUT2D eigenvalue weighted by Gasteiger charge is 2.07. The largest absolute Gasteiger partial charge is 0.384 e. The van der Waals surface area contributed by atoms with E-state index in [0.717, 1.165) is 0 Å². The second-order valence-electron chi connectivity index (χ2n) is 2.98. The van der Waals surface area contributed by atoms with Gasteiger partial charge in [-0.15, -0.1) is 10.2 Å². The summed E-state index contributed by atoms with van der Waals surface area (Å²) in [7, 11) is 0. The predicted molar refractivity (Wildman–Crippen MR) is 57.5 cm³/mol. The van der Waals surface area contributed by atoms with Crippen LogP contribution in [0.15, 0.2) is 37.9 Å². The summed E-state index contributed by atoms with van der Waals surface area (Å²) in [6, 6.07) is 3.31. The summed E-state index contributed by atoms with van der Waals surface area (Å²) >= 11 is 5.77. The molecule has 2 rings (SSSR count). The number of azo groups is 1. The molecule has 0 aliphatic heterocycles. The summed E-state index contributed by atoms with van der Waals surface area (Å²) in [4.78, 5) is 15.0. The van der Waals surface area contributed by atoms with Crippen LogP contribution in [-0.2, 0) is 0 Å². The Kier molecular flexibility index (Phi) is 2.82. The van der Waals surface area contributed by atoms with E-state index in [-0.39, 0.29) is 10.8 Å². The summed E-state index contributed by atoms with van der Waals surface area (Å²) in [5, 5.41) is 10.2. The van der Waals surface area contributed by atoms with E-state index in [1.54, 1.807) is 19.1 Å². The van der Waals surface area contributed by atoms with Gasteiger partial charge in [0, 0.05) is 6.20 Å². The number of H-pyrrole nitrogens is 1. The highest BCUT2D eigenvalue weighted by atomic mass is 35.5. The van der Waals surface area contributed by atoms with Crippen LogP contribution >= 0.6 is 11.6 Å². The second kappa shape index (κ2) is 4.28. The first-order chi connectivity index (χ1) is 7.68. The van der Waals surface area contributed by atoms with E-state index in [4.69, 9.17) is 11.6 Å². The molecule has 0 atom stereocenters. The average Bonchev–Trinajstić information content (AvgIpc) is 2.58. The molecule has 0 radical (unpaired) electrons. The minimum Gasteiger partial charge on any atom is -0.336 e. The van der Waals surface area contributed by atoms with Gasteiger partial charge in [-0.2, -0.15) is 0 Å². The van der Waals surface area contributed by atoms with Gasteiger partial charge in [0.25, 0.3) is 0 Å². The van der Waals surface area contributed by atoms with Crippen molar-refractivity contribution in [1.82, 2.24) is 10.1 Å². The Balaban J connectivity index is 2.36. The van der Waals surface area contributed by atoms with Gasteiger partial charge in [0.1, 0.15) is 5.69 Å². The lowest BCUT2D eigenvalue weighted by Gasteiger charge is -1.92. The maximum absolute atomic E-state index is 11.1. The van der Waals surface area contributed by atoms with E-state index < -0.39 is 5.63 Å². The van der Waals surface area contributed by atoms with Crippen LogP contribution < -0.4 is 5.63 Å². The van der Waals surface area contributed by atoms with Crippen molar-refractivity contribution in [2.45, 2.75) is 6.92 Å². The Morgan fingerprint density at radius 1 is 1.50 bits per heavy atom. The first kappa shape index (κ1) is 10.6. The van der Waals surface area contributed by atoms with Crippen molar-refractivity contribution in [2.75, 3.05) is 0 Å². The SMILES string of the molecule is Cc1[nH]oc(=O)c1N=Nc1cccnc1Cl. The van der Waals surface area contributed by atoms with Gasteiger partial charge in [0.05, 0.1) is 5.69 Å². The number of pyridine rings is 1. The zero-order valence-corrected chi connectivity index (χ0v) is 9.02. The third-order valence-corrected chi connectivity index (χ3v) is 2.13. The molecule has 0 aliphatic carbocycles. The highest BCUT2D eigenvalue weighted by molar-refractivity contribution is 6.31. The van der Waals surface area contributed by atoms with E-state index >= 15 is 0 Å². The van der Waals surface area contributed by atoms with Gasteiger partial charge in [-0.1, -0.05) is 11.6 Å². The molecule has 0 amide bonds. The maximum atomic E-state index is 11.1. The van der Waals surface area contributed by atoms with Crippen LogP contribution in [0.4, 0.5) is 11.4 Å². The smallest absolute Gasteiger partial charge is 0.336 e. The number of halogens is 1. The Labute approximate surface area is 94.9 Å². The summed E-state index contributed by atoms with van der Waals surface area (Å²) in [5.41, 5.74) is 0.458. The van der Waals surface area contributed by atoms with Crippen molar-refractivity contribution in [3.05, 3.63) is 39.6 Å². The van der Waals surface area contributed by atoms with Gasteiger partial charge >= 0.3 is 5.63 Å². The van der Waals surface area contributed by atoms with Gasteiger partial charge in [-0.25, -0.2) is 14.9 Å². The fourth-order valence-electron chi connectivity index (χ4n) is 1.04. The van der Waals surface area contributed by atoms with Crippen molar-refractivity contribution in [2.24, 2.45) is 10.2 Å². The number of hydrogen-bond acceptors (Lipinski definition) is 5. The number of aryl methyl sites for hydroxylation is 1. The van der Waals surface area contributed by atoms with Gasteiger partial charge in [0.15, 0.2) is 10.8 Å². The molecule has 82 valence electrons. The van der Waals surface area contributed by atoms with Crippen molar-refractivity contribution in [1.29, 1.82) is 0 Å². The quantitative estimate of drug-likeness (QED) is 0.645. The standard InChI is InChI=1S/C9H7ClN4O2/c1-5-7(9(15)16-14-5)13-12-6-3-2-4-11-8(6)10/h2-4,14H,1H3. The Hall–Kier alpha value is -1.95. The number of aromatic amines is 1. The molecule has 2 aromatic rings. The molecule has 6 nitrogen and oxygen atoms in total. The molecular formula is C9H7ClN4O2. The maximum Gasteiger partial charge on any atom is 0.384 e. The molecule has 0 aliphatic rings. The average molecular weight is 239 g/mol. The zero-order chi connectivity index (χ0) is 11.5. The summed E-state index contributed by atoms with van der Waals surface area (Å²) < 4.78 is 4.53. The molecule has 0 aromatic carbocycles. The van der Waals surface area contributed by atoms with E-state index in [9.17, 15) is 4.79 Å². The Morgan fingerprint density at radius 2 is 2.31 bits per heavy atom. The van der Waals surface area contributed by atoms with Gasteiger partial charge in [-0.05, 0) is 19.1 Å². The molecule has 0 unspecified atom stereocenters. The first-order valence-electron chi connectivity index (χ1n) is 4.39. The summed E-state index contributed by atoms with van der Waals surface area (Å²) in [5.74, 6) is 0. The van der Waals surface area contributed by atoms with Crippen LogP contribution in [0.3, 0.4) is 0 Å². The van der Waals surface area contributed by atoms with Crippen molar-refractivity contribution in [3.63, 3.8) is 0 Å². The van der Waals surface area contributed by atoms with Gasteiger partial charge in [-0.3, -0.25) is 0 Å². The van der Waals surface area contributed by atoms with E-state index in [1.165, 1.54) is 6.20 Å². The third kappa shape index (κ3) is 2.01. The normalized spacial score (nSPS) is 11.1. The lowest BCUT2D eigenvalue weighted by molar-refractivity contribution is 0.388. The molecule has 0 fully saturated rings. The summed E-state index contributed by atoms with van der Waals surface area (Å²) in [6.07, 6.45) is 1.54. The molecule has 2 heterocycles. The van der Waals surface area contributed by atoms with Crippen LogP contribution in [0.5, 0.6) is 0 Å². The van der Waals surface area contributed by atoms with E-state index in [2.05, 4.69) is 24.9 Å². The van der Waals surface area contributed by atoms with Crippen LogP contribution in [0, 0.1) is 6.92 Å². The van der Waals surface area contributed by atoms with Crippen LogP contribution in [0.2, 0.25) is 5.15 Å². The predicted octanol–water partition coefficient (Wildman–Crippen LogP) is 2.74. The lowest BCUT2D eigenvalue weighted by atomic mass is 10.4. The molecule has 1 N–H and O–H groups in total. The summed E-state index contributed by atoms with van der Waals surface area (Å²) in [6.45, 7) is 1.66. The lowest BCUT2D eigenvalue weighted by Crippen LogP contribution is -1.89. The van der Waals surface area contributed by atoms with Crippen LogP contribution in [0.25, 0.3) is 0 Å². The molecule has 0 saturated carbocycles. The van der Waals surface area contributed by atoms with Gasteiger partial charge in [0.2, 0.25) is 0 Å². The number of nitrogens with zero attached hydrogens (tertiary/aromatic N) is 3. The van der Waals surface area contributed by atoms with Crippen LogP contribution in [0.1, 0.15) is 5.69 Å².